The number of benzene rings is 1. The van der Waals surface area contributed by atoms with Crippen LogP contribution in [0.2, 0.25) is 0 Å². The summed E-state index contributed by atoms with van der Waals surface area (Å²) in [7, 11) is 0. The van der Waals surface area contributed by atoms with Gasteiger partial charge in [0.05, 0.1) is 0 Å². The Bertz CT molecular complexity index is 745. The lowest BCUT2D eigenvalue weighted by atomic mass is 9.90. The first kappa shape index (κ1) is 15.5. The Hall–Kier alpha value is -2.37. The van der Waals surface area contributed by atoms with E-state index < -0.39 is 17.4 Å². The molecule has 1 aromatic carbocycles. The number of halogens is 1. The second-order valence-corrected chi connectivity index (χ2v) is 6.17. The van der Waals surface area contributed by atoms with Crippen LogP contribution >= 0.6 is 0 Å². The van der Waals surface area contributed by atoms with E-state index in [1.165, 1.54) is 12.1 Å². The number of carbonyl (C=O) groups is 2. The van der Waals surface area contributed by atoms with E-state index in [0.29, 0.717) is 23.7 Å². The average Bonchev–Trinajstić information content (AvgIpc) is 2.78. The second kappa shape index (κ2) is 6.02. The van der Waals surface area contributed by atoms with Crippen molar-refractivity contribution in [2.24, 2.45) is 0 Å². The minimum Gasteiger partial charge on any atom is -0.480 e. The maximum absolute atomic E-state index is 13.2. The number of carboxylic acid groups (broad SMARTS) is 1. The topological polar surface area (TPSA) is 82.2 Å². The van der Waals surface area contributed by atoms with E-state index in [-0.39, 0.29) is 11.5 Å². The van der Waals surface area contributed by atoms with Gasteiger partial charge in [-0.1, -0.05) is 25.7 Å². The molecule has 1 amide bonds. The number of aliphatic carboxylic acids is 1. The Morgan fingerprint density at radius 2 is 1.83 bits per heavy atom. The smallest absolute Gasteiger partial charge is 0.329 e. The molecule has 1 heterocycles. The summed E-state index contributed by atoms with van der Waals surface area (Å²) < 4.78 is 13.2. The number of nitrogens with one attached hydrogen (secondary N) is 2. The zero-order valence-corrected chi connectivity index (χ0v) is 12.7. The molecule has 0 bridgehead atoms. The largest absolute Gasteiger partial charge is 0.480 e. The molecule has 6 heteroatoms. The third-order valence-electron chi connectivity index (χ3n) is 4.55. The fraction of sp³-hybridized carbons (Fsp3) is 0.412. The van der Waals surface area contributed by atoms with Gasteiger partial charge in [-0.3, -0.25) is 4.79 Å². The van der Waals surface area contributed by atoms with Crippen LogP contribution < -0.4 is 5.32 Å². The van der Waals surface area contributed by atoms with Crippen molar-refractivity contribution in [3.05, 3.63) is 35.8 Å². The van der Waals surface area contributed by atoms with Crippen LogP contribution in [0.15, 0.2) is 24.3 Å². The second-order valence-electron chi connectivity index (χ2n) is 6.17. The maximum Gasteiger partial charge on any atom is 0.329 e. The third-order valence-corrected chi connectivity index (χ3v) is 4.55. The summed E-state index contributed by atoms with van der Waals surface area (Å²) in [5.74, 6) is -1.84. The average molecular weight is 318 g/mol. The molecule has 0 spiro atoms. The van der Waals surface area contributed by atoms with Crippen molar-refractivity contribution in [1.29, 1.82) is 0 Å². The van der Waals surface area contributed by atoms with Crippen LogP contribution in [0, 0.1) is 5.82 Å². The standard InChI is InChI=1S/C17H19FN2O3/c18-12-5-6-13-11(9-12)10-14(19-13)15(21)20-17(16(22)23)7-3-1-2-4-8-17/h5-6,9-10,19H,1-4,7-8H2,(H,20,21)(H,22,23). The van der Waals surface area contributed by atoms with Crippen LogP contribution in [0.1, 0.15) is 49.0 Å². The van der Waals surface area contributed by atoms with Gasteiger partial charge in [0.25, 0.3) is 5.91 Å². The van der Waals surface area contributed by atoms with Crippen LogP contribution in [-0.4, -0.2) is 27.5 Å². The number of fused-ring (bicyclic) bond motifs is 1. The molecule has 122 valence electrons. The van der Waals surface area contributed by atoms with E-state index in [4.69, 9.17) is 0 Å². The number of hydrogen-bond donors (Lipinski definition) is 3. The van der Waals surface area contributed by atoms with E-state index in [2.05, 4.69) is 10.3 Å². The van der Waals surface area contributed by atoms with E-state index >= 15 is 0 Å². The molecular weight excluding hydrogens is 299 g/mol. The fourth-order valence-electron chi connectivity index (χ4n) is 3.23. The van der Waals surface area contributed by atoms with E-state index in [1.54, 1.807) is 12.1 Å². The first-order chi connectivity index (χ1) is 11.0. The molecule has 0 atom stereocenters. The summed E-state index contributed by atoms with van der Waals surface area (Å²) in [5.41, 5.74) is -0.326. The zero-order chi connectivity index (χ0) is 16.4. The number of H-pyrrole nitrogens is 1. The maximum atomic E-state index is 13.2. The van der Waals surface area contributed by atoms with Crippen LogP contribution in [0.25, 0.3) is 10.9 Å². The normalized spacial score (nSPS) is 17.6. The Balaban J connectivity index is 1.86. The van der Waals surface area contributed by atoms with E-state index in [0.717, 1.165) is 25.7 Å². The highest BCUT2D eigenvalue weighted by molar-refractivity contribution is 6.00. The Morgan fingerprint density at radius 3 is 2.48 bits per heavy atom. The first-order valence-electron chi connectivity index (χ1n) is 7.84. The molecule has 0 aliphatic heterocycles. The summed E-state index contributed by atoms with van der Waals surface area (Å²) in [4.78, 5) is 27.1. The number of carbonyl (C=O) groups excluding carboxylic acids is 1. The van der Waals surface area contributed by atoms with Gasteiger partial charge in [-0.2, -0.15) is 0 Å². The van der Waals surface area contributed by atoms with Gasteiger partial charge in [0, 0.05) is 10.9 Å². The highest BCUT2D eigenvalue weighted by Crippen LogP contribution is 2.28. The molecule has 1 aliphatic carbocycles. The van der Waals surface area contributed by atoms with Crippen molar-refractivity contribution in [3.8, 4) is 0 Å². The lowest BCUT2D eigenvalue weighted by Crippen LogP contribution is -2.54. The Kier molecular flexibility index (Phi) is 4.07. The van der Waals surface area contributed by atoms with Gasteiger partial charge < -0.3 is 15.4 Å². The van der Waals surface area contributed by atoms with E-state index in [1.807, 2.05) is 0 Å². The van der Waals surface area contributed by atoms with Crippen molar-refractivity contribution in [2.45, 2.75) is 44.1 Å². The lowest BCUT2D eigenvalue weighted by Gasteiger charge is -2.29. The molecule has 1 aliphatic rings. The molecule has 5 nitrogen and oxygen atoms in total. The van der Waals surface area contributed by atoms with Crippen molar-refractivity contribution in [3.63, 3.8) is 0 Å². The van der Waals surface area contributed by atoms with Crippen molar-refractivity contribution in [2.75, 3.05) is 0 Å². The Morgan fingerprint density at radius 1 is 1.13 bits per heavy atom. The van der Waals surface area contributed by atoms with Gasteiger partial charge in [-0.25, -0.2) is 9.18 Å². The minimum atomic E-state index is -1.21. The SMILES string of the molecule is O=C(NC1(C(=O)O)CCCCCC1)c1cc2cc(F)ccc2[nH]1. The molecule has 3 rings (SSSR count). The lowest BCUT2D eigenvalue weighted by molar-refractivity contribution is -0.145. The van der Waals surface area contributed by atoms with Crippen LogP contribution in [-0.2, 0) is 4.79 Å². The van der Waals surface area contributed by atoms with Gasteiger partial charge in [0.2, 0.25) is 0 Å². The third kappa shape index (κ3) is 3.06. The van der Waals surface area contributed by atoms with Gasteiger partial charge in [0.1, 0.15) is 17.1 Å². The van der Waals surface area contributed by atoms with Crippen LogP contribution in [0.4, 0.5) is 4.39 Å². The van der Waals surface area contributed by atoms with Gasteiger partial charge in [0.15, 0.2) is 0 Å². The van der Waals surface area contributed by atoms with Crippen molar-refractivity contribution < 1.29 is 19.1 Å². The molecule has 0 saturated heterocycles. The van der Waals surface area contributed by atoms with Crippen LogP contribution in [0.5, 0.6) is 0 Å². The minimum absolute atomic E-state index is 0.246. The molecule has 0 radical (unpaired) electrons. The summed E-state index contributed by atoms with van der Waals surface area (Å²) >= 11 is 0. The number of aromatic nitrogens is 1. The number of rotatable bonds is 3. The highest BCUT2D eigenvalue weighted by atomic mass is 19.1. The van der Waals surface area contributed by atoms with Crippen molar-refractivity contribution >= 4 is 22.8 Å². The van der Waals surface area contributed by atoms with Crippen molar-refractivity contribution in [1.82, 2.24) is 10.3 Å². The number of amides is 1. The molecule has 1 fully saturated rings. The number of hydrogen-bond acceptors (Lipinski definition) is 2. The molecule has 1 aromatic heterocycles. The zero-order valence-electron chi connectivity index (χ0n) is 12.7. The van der Waals surface area contributed by atoms with Gasteiger partial charge >= 0.3 is 5.97 Å². The highest BCUT2D eigenvalue weighted by Gasteiger charge is 2.40. The van der Waals surface area contributed by atoms with E-state index in [9.17, 15) is 19.1 Å². The predicted octanol–water partition coefficient (Wildman–Crippen LogP) is 3.21. The molecule has 3 N–H and O–H groups in total. The summed E-state index contributed by atoms with van der Waals surface area (Å²) in [6.07, 6.45) is 4.40. The molecule has 1 saturated carbocycles. The fourth-order valence-corrected chi connectivity index (χ4v) is 3.23. The van der Waals surface area contributed by atoms with Gasteiger partial charge in [-0.15, -0.1) is 0 Å². The number of carboxylic acids is 1. The monoisotopic (exact) mass is 318 g/mol. The summed E-state index contributed by atoms with van der Waals surface area (Å²) in [6, 6.07) is 5.74. The molecule has 23 heavy (non-hydrogen) atoms. The quantitative estimate of drug-likeness (QED) is 0.760. The molecule has 2 aromatic rings. The number of aromatic amines is 1. The Labute approximate surface area is 132 Å². The predicted molar refractivity (Wildman–Crippen MR) is 83.8 cm³/mol. The first-order valence-corrected chi connectivity index (χ1v) is 7.84. The summed E-state index contributed by atoms with van der Waals surface area (Å²) in [6.45, 7) is 0. The van der Waals surface area contributed by atoms with Crippen LogP contribution in [0.3, 0.4) is 0 Å². The summed E-state index contributed by atoms with van der Waals surface area (Å²) in [5, 5.41) is 12.9. The molecular formula is C17H19FN2O3. The van der Waals surface area contributed by atoms with Gasteiger partial charge in [-0.05, 0) is 37.1 Å². The molecule has 0 unspecified atom stereocenters.